The van der Waals surface area contributed by atoms with Crippen molar-refractivity contribution < 1.29 is 4.52 Å². The van der Waals surface area contributed by atoms with Gasteiger partial charge in [-0.25, -0.2) is 0 Å². The summed E-state index contributed by atoms with van der Waals surface area (Å²) in [5.41, 5.74) is 2.35. The van der Waals surface area contributed by atoms with E-state index in [4.69, 9.17) is 4.52 Å². The minimum absolute atomic E-state index is 0.849. The van der Waals surface area contributed by atoms with Crippen LogP contribution in [0.3, 0.4) is 0 Å². The van der Waals surface area contributed by atoms with Crippen LogP contribution in [0.4, 0.5) is 11.5 Å². The number of anilines is 2. The third kappa shape index (κ3) is 1.62. The molecule has 1 aromatic heterocycles. The molecule has 0 saturated heterocycles. The summed E-state index contributed by atoms with van der Waals surface area (Å²) in [5.74, 6) is 0.849. The van der Waals surface area contributed by atoms with Crippen molar-refractivity contribution in [2.24, 2.45) is 0 Å². The molecule has 1 aliphatic rings. The van der Waals surface area contributed by atoms with E-state index < -0.39 is 0 Å². The van der Waals surface area contributed by atoms with Crippen LogP contribution in [-0.4, -0.2) is 18.2 Å². The number of hydrogen-bond acceptors (Lipinski definition) is 4. The fourth-order valence-electron chi connectivity index (χ4n) is 1.98. The molecule has 1 N–H and O–H groups in total. The fourth-order valence-corrected chi connectivity index (χ4v) is 1.98. The molecule has 0 bridgehead atoms. The van der Waals surface area contributed by atoms with E-state index in [0.29, 0.717) is 0 Å². The predicted molar refractivity (Wildman–Crippen MR) is 62.5 cm³/mol. The molecule has 0 radical (unpaired) electrons. The quantitative estimate of drug-likeness (QED) is 0.833. The monoisotopic (exact) mass is 215 g/mol. The highest BCUT2D eigenvalue weighted by molar-refractivity contribution is 5.66. The Kier molecular flexibility index (Phi) is 2.25. The van der Waals surface area contributed by atoms with Gasteiger partial charge in [-0.05, 0) is 5.56 Å². The van der Waals surface area contributed by atoms with Crippen LogP contribution in [0.15, 0.2) is 41.1 Å². The highest BCUT2D eigenvalue weighted by atomic mass is 16.5. The molecule has 0 fully saturated rings. The van der Waals surface area contributed by atoms with Crippen LogP contribution >= 0.6 is 0 Å². The van der Waals surface area contributed by atoms with E-state index in [-0.39, 0.29) is 0 Å². The summed E-state index contributed by atoms with van der Waals surface area (Å²) in [5, 5.41) is 7.13. The largest absolute Gasteiger partial charge is 0.364 e. The molecule has 2 heterocycles. The van der Waals surface area contributed by atoms with Gasteiger partial charge in [-0.2, -0.15) is 0 Å². The van der Waals surface area contributed by atoms with Gasteiger partial charge >= 0.3 is 0 Å². The summed E-state index contributed by atoms with van der Waals surface area (Å²) in [6.07, 6.45) is 1.70. The second-order valence-electron chi connectivity index (χ2n) is 3.88. The number of fused-ring (bicyclic) bond motifs is 1. The summed E-state index contributed by atoms with van der Waals surface area (Å²) in [6, 6.07) is 10.4. The average Bonchev–Trinajstić information content (AvgIpc) is 2.80. The number of hydrogen-bond donors (Lipinski definition) is 1. The Labute approximate surface area is 93.9 Å². The van der Waals surface area contributed by atoms with Gasteiger partial charge in [-0.3, -0.25) is 0 Å². The molecule has 0 atom stereocenters. The smallest absolute Gasteiger partial charge is 0.193 e. The maximum atomic E-state index is 4.98. The fraction of sp³-hybridized carbons (Fsp3) is 0.250. The van der Waals surface area contributed by atoms with Crippen molar-refractivity contribution in [2.45, 2.75) is 6.54 Å². The maximum absolute atomic E-state index is 4.98. The zero-order valence-corrected chi connectivity index (χ0v) is 8.89. The molecule has 1 aromatic carbocycles. The van der Waals surface area contributed by atoms with Crippen molar-refractivity contribution in [3.8, 4) is 0 Å². The van der Waals surface area contributed by atoms with Crippen molar-refractivity contribution in [3.05, 3.63) is 42.2 Å². The highest BCUT2D eigenvalue weighted by Crippen LogP contribution is 2.28. The van der Waals surface area contributed by atoms with Gasteiger partial charge in [0.1, 0.15) is 12.0 Å². The second-order valence-corrected chi connectivity index (χ2v) is 3.88. The average molecular weight is 215 g/mol. The normalized spacial score (nSPS) is 14.4. The van der Waals surface area contributed by atoms with Gasteiger partial charge in [0, 0.05) is 19.6 Å². The van der Waals surface area contributed by atoms with Crippen LogP contribution < -0.4 is 10.2 Å². The summed E-state index contributed by atoms with van der Waals surface area (Å²) in [4.78, 5) is 2.28. The molecule has 0 amide bonds. The third-order valence-electron chi connectivity index (χ3n) is 2.78. The van der Waals surface area contributed by atoms with Crippen molar-refractivity contribution in [3.63, 3.8) is 0 Å². The number of rotatable bonds is 2. The molecule has 4 nitrogen and oxygen atoms in total. The minimum Gasteiger partial charge on any atom is -0.364 e. The Morgan fingerprint density at radius 2 is 2.19 bits per heavy atom. The van der Waals surface area contributed by atoms with Gasteiger partial charge in [-0.15, -0.1) is 0 Å². The summed E-state index contributed by atoms with van der Waals surface area (Å²) in [7, 11) is 0. The summed E-state index contributed by atoms with van der Waals surface area (Å²) < 4.78 is 4.98. The number of aromatic nitrogens is 1. The first-order valence-corrected chi connectivity index (χ1v) is 5.40. The molecule has 4 heteroatoms. The van der Waals surface area contributed by atoms with Crippen LogP contribution in [0.1, 0.15) is 5.56 Å². The SMILES string of the molecule is c1ccc(CN2CCNc3nocc32)cc1. The van der Waals surface area contributed by atoms with Gasteiger partial charge in [0.2, 0.25) is 0 Å². The molecule has 16 heavy (non-hydrogen) atoms. The lowest BCUT2D eigenvalue weighted by Gasteiger charge is -2.27. The van der Waals surface area contributed by atoms with Gasteiger partial charge in [0.25, 0.3) is 0 Å². The van der Waals surface area contributed by atoms with Crippen LogP contribution in [0.5, 0.6) is 0 Å². The van der Waals surface area contributed by atoms with E-state index in [1.807, 2.05) is 6.07 Å². The Bertz CT molecular complexity index is 466. The molecule has 2 aromatic rings. The zero-order valence-electron chi connectivity index (χ0n) is 8.89. The second kappa shape index (κ2) is 3.89. The van der Waals surface area contributed by atoms with Gasteiger partial charge in [0.05, 0.1) is 0 Å². The number of nitrogens with one attached hydrogen (secondary N) is 1. The molecular weight excluding hydrogens is 202 g/mol. The first-order chi connectivity index (χ1) is 7.93. The highest BCUT2D eigenvalue weighted by Gasteiger charge is 2.19. The zero-order chi connectivity index (χ0) is 10.8. The van der Waals surface area contributed by atoms with Gasteiger partial charge in [-0.1, -0.05) is 35.5 Å². The molecule has 3 rings (SSSR count). The van der Waals surface area contributed by atoms with Crippen molar-refractivity contribution in [1.29, 1.82) is 0 Å². The first-order valence-electron chi connectivity index (χ1n) is 5.40. The third-order valence-corrected chi connectivity index (χ3v) is 2.78. The van der Waals surface area contributed by atoms with E-state index in [1.54, 1.807) is 6.26 Å². The molecule has 82 valence electrons. The summed E-state index contributed by atoms with van der Waals surface area (Å²) in [6.45, 7) is 2.78. The van der Waals surface area contributed by atoms with E-state index in [2.05, 4.69) is 39.6 Å². The van der Waals surface area contributed by atoms with E-state index in [1.165, 1.54) is 5.56 Å². The Morgan fingerprint density at radius 1 is 1.31 bits per heavy atom. The van der Waals surface area contributed by atoms with Crippen LogP contribution in [0.25, 0.3) is 0 Å². The minimum atomic E-state index is 0.849. The Hall–Kier alpha value is -1.97. The molecule has 0 aliphatic carbocycles. The number of benzene rings is 1. The molecular formula is C12H13N3O. The van der Waals surface area contributed by atoms with Crippen LogP contribution in [-0.2, 0) is 6.54 Å². The Balaban J connectivity index is 1.83. The van der Waals surface area contributed by atoms with Crippen LogP contribution in [0.2, 0.25) is 0 Å². The standard InChI is InChI=1S/C12H13N3O/c1-2-4-10(5-3-1)8-15-7-6-13-12-11(15)9-16-14-12/h1-5,9H,6-8H2,(H,13,14). The van der Waals surface area contributed by atoms with Crippen molar-refractivity contribution in [2.75, 3.05) is 23.3 Å². The predicted octanol–water partition coefficient (Wildman–Crippen LogP) is 2.11. The molecule has 1 aliphatic heterocycles. The molecule has 0 unspecified atom stereocenters. The molecule has 0 spiro atoms. The van der Waals surface area contributed by atoms with E-state index in [9.17, 15) is 0 Å². The lowest BCUT2D eigenvalue weighted by atomic mass is 10.2. The lowest BCUT2D eigenvalue weighted by Crippen LogP contribution is -2.32. The van der Waals surface area contributed by atoms with Crippen LogP contribution in [0, 0.1) is 0 Å². The van der Waals surface area contributed by atoms with Gasteiger partial charge < -0.3 is 14.7 Å². The first kappa shape index (κ1) is 9.27. The topological polar surface area (TPSA) is 41.3 Å². The maximum Gasteiger partial charge on any atom is 0.193 e. The molecule has 0 saturated carbocycles. The van der Waals surface area contributed by atoms with E-state index in [0.717, 1.165) is 31.1 Å². The van der Waals surface area contributed by atoms with Crippen molar-refractivity contribution >= 4 is 11.5 Å². The van der Waals surface area contributed by atoms with Crippen molar-refractivity contribution in [1.82, 2.24) is 5.16 Å². The lowest BCUT2D eigenvalue weighted by molar-refractivity contribution is 0.423. The summed E-state index contributed by atoms with van der Waals surface area (Å²) >= 11 is 0. The van der Waals surface area contributed by atoms with E-state index >= 15 is 0 Å². The Morgan fingerprint density at radius 3 is 3.06 bits per heavy atom. The number of nitrogens with zero attached hydrogens (tertiary/aromatic N) is 2. The van der Waals surface area contributed by atoms with Gasteiger partial charge in [0.15, 0.2) is 5.82 Å².